The molecule has 5 aliphatic rings. The number of carbonyl (C=O) groups is 2. The molecule has 5 nitrogen and oxygen atoms in total. The van der Waals surface area contributed by atoms with Crippen LogP contribution in [0.3, 0.4) is 0 Å². The molecule has 1 aliphatic heterocycles. The van der Waals surface area contributed by atoms with E-state index in [9.17, 15) is 9.59 Å². The van der Waals surface area contributed by atoms with Crippen molar-refractivity contribution in [3.05, 3.63) is 0 Å². The summed E-state index contributed by atoms with van der Waals surface area (Å²) in [5, 5.41) is 3.26. The van der Waals surface area contributed by atoms with Crippen LogP contribution >= 0.6 is 15.9 Å². The lowest BCUT2D eigenvalue weighted by atomic mass is 9.48. The number of alkyl halides is 1. The number of nitrogens with one attached hydrogen (secondary N) is 1. The Bertz CT molecular complexity index is 559. The predicted molar refractivity (Wildman–Crippen MR) is 103 cm³/mol. The summed E-state index contributed by atoms with van der Waals surface area (Å²) in [6.07, 6.45) is 9.75. The summed E-state index contributed by atoms with van der Waals surface area (Å²) in [5.74, 6) is 1.85. The van der Waals surface area contributed by atoms with Gasteiger partial charge in [0.05, 0.1) is 6.61 Å². The van der Waals surface area contributed by atoms with Gasteiger partial charge in [-0.25, -0.2) is 4.79 Å². The second-order valence-corrected chi connectivity index (χ2v) is 11.0. The number of ether oxygens (including phenoxy) is 1. The van der Waals surface area contributed by atoms with Crippen molar-refractivity contribution in [3.8, 4) is 0 Å². The number of hydrogen-bond acceptors (Lipinski definition) is 3. The molecule has 4 bridgehead atoms. The maximum Gasteiger partial charge on any atom is 0.409 e. The van der Waals surface area contributed by atoms with Crippen molar-refractivity contribution in [3.63, 3.8) is 0 Å². The third-order valence-corrected chi connectivity index (χ3v) is 7.96. The molecule has 5 fully saturated rings. The molecule has 1 saturated heterocycles. The largest absolute Gasteiger partial charge is 0.450 e. The third-order valence-electron chi connectivity index (χ3n) is 7.03. The summed E-state index contributed by atoms with van der Waals surface area (Å²) in [5.41, 5.74) is 0.225. The summed E-state index contributed by atoms with van der Waals surface area (Å²) >= 11 is 4.03. The van der Waals surface area contributed by atoms with Crippen molar-refractivity contribution in [1.82, 2.24) is 10.2 Å². The molecule has 2 amide bonds. The van der Waals surface area contributed by atoms with Crippen LogP contribution in [0.2, 0.25) is 0 Å². The molecule has 0 aromatic carbocycles. The number of rotatable bonds is 4. The van der Waals surface area contributed by atoms with Crippen molar-refractivity contribution in [2.75, 3.05) is 19.7 Å². The molecule has 2 atom stereocenters. The minimum atomic E-state index is -0.228. The molecule has 1 heterocycles. The van der Waals surface area contributed by atoms with E-state index in [1.165, 1.54) is 38.5 Å². The average Bonchev–Trinajstić information content (AvgIpc) is 2.52. The molecule has 0 aromatic heterocycles. The van der Waals surface area contributed by atoms with Crippen LogP contribution < -0.4 is 5.32 Å². The Labute approximate surface area is 164 Å². The summed E-state index contributed by atoms with van der Waals surface area (Å²) in [4.78, 5) is 26.3. The second kappa shape index (κ2) is 6.99. The topological polar surface area (TPSA) is 58.6 Å². The molecule has 26 heavy (non-hydrogen) atoms. The highest BCUT2D eigenvalue weighted by atomic mass is 79.9. The van der Waals surface area contributed by atoms with E-state index in [1.807, 2.05) is 6.92 Å². The van der Waals surface area contributed by atoms with Crippen molar-refractivity contribution in [1.29, 1.82) is 0 Å². The van der Waals surface area contributed by atoms with E-state index in [4.69, 9.17) is 4.74 Å². The molecule has 1 N–H and O–H groups in total. The lowest BCUT2D eigenvalue weighted by molar-refractivity contribution is -0.129. The summed E-state index contributed by atoms with van der Waals surface area (Å²) in [7, 11) is 0. The zero-order valence-electron chi connectivity index (χ0n) is 15.8. The number of nitrogens with zero attached hydrogens (tertiary/aromatic N) is 1. The maximum atomic E-state index is 12.8. The molecule has 6 heteroatoms. The zero-order chi connectivity index (χ0) is 18.4. The summed E-state index contributed by atoms with van der Waals surface area (Å²) in [6.45, 7) is 3.58. The van der Waals surface area contributed by atoms with Crippen LogP contribution in [-0.2, 0) is 9.53 Å². The molecule has 0 aromatic rings. The fraction of sp³-hybridized carbons (Fsp3) is 0.900. The van der Waals surface area contributed by atoms with E-state index < -0.39 is 0 Å². The van der Waals surface area contributed by atoms with E-state index >= 15 is 0 Å². The van der Waals surface area contributed by atoms with Crippen LogP contribution in [-0.4, -0.2) is 47.0 Å². The van der Waals surface area contributed by atoms with Crippen molar-refractivity contribution in [2.45, 2.75) is 75.1 Å². The first-order valence-electron chi connectivity index (χ1n) is 10.3. The summed E-state index contributed by atoms with van der Waals surface area (Å²) < 4.78 is 5.37. The van der Waals surface area contributed by atoms with Crippen molar-refractivity contribution < 1.29 is 14.3 Å². The van der Waals surface area contributed by atoms with Crippen LogP contribution in [0.4, 0.5) is 4.79 Å². The normalized spacial score (nSPS) is 39.1. The Morgan fingerprint density at radius 2 is 1.81 bits per heavy atom. The number of halogens is 1. The average molecular weight is 427 g/mol. The molecule has 0 spiro atoms. The van der Waals surface area contributed by atoms with E-state index in [0.717, 1.165) is 24.7 Å². The van der Waals surface area contributed by atoms with Gasteiger partial charge in [-0.2, -0.15) is 0 Å². The number of piperidine rings is 1. The van der Waals surface area contributed by atoms with Gasteiger partial charge < -0.3 is 15.0 Å². The smallest absolute Gasteiger partial charge is 0.409 e. The molecule has 0 radical (unpaired) electrons. The summed E-state index contributed by atoms with van der Waals surface area (Å²) in [6, 6.07) is 0.194. The Hall–Kier alpha value is -0.780. The maximum absolute atomic E-state index is 12.8. The quantitative estimate of drug-likeness (QED) is 0.694. The van der Waals surface area contributed by atoms with E-state index in [2.05, 4.69) is 21.2 Å². The van der Waals surface area contributed by atoms with Gasteiger partial charge in [0, 0.05) is 29.9 Å². The highest BCUT2D eigenvalue weighted by molar-refractivity contribution is 9.10. The number of hydrogen-bond donors (Lipinski definition) is 1. The highest BCUT2D eigenvalue weighted by Gasteiger charge is 2.57. The van der Waals surface area contributed by atoms with Gasteiger partial charge in [-0.15, -0.1) is 0 Å². The number of amides is 2. The van der Waals surface area contributed by atoms with Gasteiger partial charge in [0.15, 0.2) is 0 Å². The van der Waals surface area contributed by atoms with Gasteiger partial charge >= 0.3 is 6.09 Å². The van der Waals surface area contributed by atoms with Gasteiger partial charge in [-0.05, 0) is 75.5 Å². The fourth-order valence-corrected chi connectivity index (χ4v) is 8.09. The second-order valence-electron chi connectivity index (χ2n) is 9.32. The molecule has 4 aliphatic carbocycles. The first kappa shape index (κ1) is 18.6. The Morgan fingerprint density at radius 1 is 1.15 bits per heavy atom. The number of carbonyl (C=O) groups excluding carboxylic acids is 2. The molecule has 4 saturated carbocycles. The zero-order valence-corrected chi connectivity index (χ0v) is 17.4. The Balaban J connectivity index is 1.28. The fourth-order valence-electron chi connectivity index (χ4n) is 6.58. The van der Waals surface area contributed by atoms with Crippen LogP contribution in [0.15, 0.2) is 0 Å². The predicted octanol–water partition coefficient (Wildman–Crippen LogP) is 3.85. The van der Waals surface area contributed by atoms with Crippen LogP contribution in [0, 0.1) is 17.3 Å². The molecule has 2 unspecified atom stereocenters. The molecule has 5 rings (SSSR count). The monoisotopic (exact) mass is 426 g/mol. The number of likely N-dealkylation sites (tertiary alicyclic amines) is 1. The minimum Gasteiger partial charge on any atom is -0.450 e. The highest BCUT2D eigenvalue weighted by Crippen LogP contribution is 2.65. The standard InChI is InChI=1S/C20H31BrN2O3/c1-2-26-18(25)23-5-3-16(4-6-23)22-17(24)12-19-8-14-7-15(9-19)11-20(21,10-14)13-19/h14-16H,2-13H2,1H3,(H,22,24). The van der Waals surface area contributed by atoms with Crippen molar-refractivity contribution >= 4 is 27.9 Å². The Morgan fingerprint density at radius 3 is 2.38 bits per heavy atom. The molecular formula is C20H31BrN2O3. The van der Waals surface area contributed by atoms with E-state index in [1.54, 1.807) is 4.90 Å². The van der Waals surface area contributed by atoms with Gasteiger partial charge in [0.1, 0.15) is 0 Å². The lowest BCUT2D eigenvalue weighted by Crippen LogP contribution is -2.54. The molecule has 146 valence electrons. The SMILES string of the molecule is CCOC(=O)N1CCC(NC(=O)CC23CC4CC(CC(Br)(C4)C2)C3)CC1. The molecular weight excluding hydrogens is 396 g/mol. The van der Waals surface area contributed by atoms with Crippen LogP contribution in [0.5, 0.6) is 0 Å². The van der Waals surface area contributed by atoms with Gasteiger partial charge in [-0.1, -0.05) is 15.9 Å². The van der Waals surface area contributed by atoms with E-state index in [-0.39, 0.29) is 23.5 Å². The minimum absolute atomic E-state index is 0.194. The van der Waals surface area contributed by atoms with Gasteiger partial charge in [0.2, 0.25) is 5.91 Å². The Kier molecular flexibility index (Phi) is 4.99. The van der Waals surface area contributed by atoms with Crippen molar-refractivity contribution in [2.24, 2.45) is 17.3 Å². The third kappa shape index (κ3) is 3.76. The van der Waals surface area contributed by atoms with Crippen LogP contribution in [0.1, 0.15) is 64.7 Å². The van der Waals surface area contributed by atoms with Crippen LogP contribution in [0.25, 0.3) is 0 Å². The first-order valence-corrected chi connectivity index (χ1v) is 11.1. The van der Waals surface area contributed by atoms with Gasteiger partial charge in [-0.3, -0.25) is 4.79 Å². The van der Waals surface area contributed by atoms with Gasteiger partial charge in [0.25, 0.3) is 0 Å². The first-order chi connectivity index (χ1) is 12.4. The van der Waals surface area contributed by atoms with E-state index in [0.29, 0.717) is 30.4 Å². The lowest BCUT2D eigenvalue weighted by Gasteiger charge is -2.60.